The molecule has 0 saturated heterocycles. The van der Waals surface area contributed by atoms with Gasteiger partial charge in [-0.2, -0.15) is 0 Å². The molecule has 0 radical (unpaired) electrons. The Balaban J connectivity index is 1.73. The van der Waals surface area contributed by atoms with Gasteiger partial charge < -0.3 is 14.2 Å². The molecule has 1 amide bonds. The second-order valence-corrected chi connectivity index (χ2v) is 6.66. The van der Waals surface area contributed by atoms with Gasteiger partial charge in [0.05, 0.1) is 0 Å². The summed E-state index contributed by atoms with van der Waals surface area (Å²) in [5.41, 5.74) is 3.86. The number of imidazole rings is 1. The molecule has 2 aromatic carbocycles. The highest BCUT2D eigenvalue weighted by Crippen LogP contribution is 2.22. The van der Waals surface area contributed by atoms with Crippen LogP contribution in [0.4, 0.5) is 5.69 Å². The van der Waals surface area contributed by atoms with Crippen molar-refractivity contribution in [1.82, 2.24) is 9.55 Å². The molecule has 0 fully saturated rings. The van der Waals surface area contributed by atoms with Gasteiger partial charge >= 0.3 is 0 Å². The summed E-state index contributed by atoms with van der Waals surface area (Å²) < 4.78 is 7.68. The van der Waals surface area contributed by atoms with Gasteiger partial charge in [-0.1, -0.05) is 6.07 Å². The maximum Gasteiger partial charge on any atom is 0.258 e. The lowest BCUT2D eigenvalue weighted by Crippen LogP contribution is -2.30. The van der Waals surface area contributed by atoms with Crippen LogP contribution in [0.5, 0.6) is 5.75 Å². The minimum Gasteiger partial charge on any atom is -0.486 e. The van der Waals surface area contributed by atoms with Crippen LogP contribution in [-0.2, 0) is 13.7 Å². The Bertz CT molecular complexity index is 909. The van der Waals surface area contributed by atoms with E-state index in [0.717, 1.165) is 22.6 Å². The van der Waals surface area contributed by atoms with Crippen LogP contribution in [0, 0.1) is 13.8 Å². The first kappa shape index (κ1) is 18.7. The van der Waals surface area contributed by atoms with Crippen LogP contribution >= 0.6 is 0 Å². The summed E-state index contributed by atoms with van der Waals surface area (Å²) in [6.07, 6.45) is 3.62. The summed E-state index contributed by atoms with van der Waals surface area (Å²) in [6, 6.07) is 13.5. The average Bonchev–Trinajstić information content (AvgIpc) is 3.05. The first-order chi connectivity index (χ1) is 13.0. The third-order valence-corrected chi connectivity index (χ3v) is 4.47. The summed E-state index contributed by atoms with van der Waals surface area (Å²) >= 11 is 0. The molecule has 0 aliphatic heterocycles. The van der Waals surface area contributed by atoms with Gasteiger partial charge in [0, 0.05) is 37.2 Å². The molecule has 0 aliphatic carbocycles. The number of benzene rings is 2. The van der Waals surface area contributed by atoms with E-state index >= 15 is 0 Å². The summed E-state index contributed by atoms with van der Waals surface area (Å²) in [6.45, 7) is 7.07. The van der Waals surface area contributed by atoms with Gasteiger partial charge in [-0.25, -0.2) is 4.98 Å². The van der Waals surface area contributed by atoms with Crippen molar-refractivity contribution in [2.75, 3.05) is 11.4 Å². The fourth-order valence-corrected chi connectivity index (χ4v) is 3.08. The molecule has 0 aliphatic rings. The molecule has 0 N–H and O–H groups in total. The molecule has 27 heavy (non-hydrogen) atoms. The number of nitrogens with zero attached hydrogens (tertiary/aromatic N) is 3. The Hall–Kier alpha value is -3.08. The Morgan fingerprint density at radius 1 is 1.11 bits per heavy atom. The zero-order valence-corrected chi connectivity index (χ0v) is 16.3. The molecule has 0 unspecified atom stereocenters. The number of anilines is 1. The van der Waals surface area contributed by atoms with Crippen molar-refractivity contribution in [1.29, 1.82) is 0 Å². The lowest BCUT2D eigenvalue weighted by atomic mass is 10.1. The number of aryl methyl sites for hydroxylation is 3. The molecule has 5 heteroatoms. The molecular weight excluding hydrogens is 338 g/mol. The van der Waals surface area contributed by atoms with Crippen molar-refractivity contribution in [2.24, 2.45) is 7.05 Å². The SMILES string of the molecule is CCN(C(=O)c1ccc(OCc2nccn2C)cc1)c1cc(C)cc(C)c1. The van der Waals surface area contributed by atoms with E-state index in [2.05, 4.69) is 11.1 Å². The highest BCUT2D eigenvalue weighted by Gasteiger charge is 2.16. The zero-order chi connectivity index (χ0) is 19.4. The number of rotatable bonds is 6. The monoisotopic (exact) mass is 363 g/mol. The van der Waals surface area contributed by atoms with Crippen LogP contribution in [0.25, 0.3) is 0 Å². The second-order valence-electron chi connectivity index (χ2n) is 6.66. The molecule has 1 aromatic heterocycles. The number of amides is 1. The number of hydrogen-bond acceptors (Lipinski definition) is 3. The highest BCUT2D eigenvalue weighted by molar-refractivity contribution is 6.06. The van der Waals surface area contributed by atoms with Crippen LogP contribution in [0.2, 0.25) is 0 Å². The number of hydrogen-bond donors (Lipinski definition) is 0. The summed E-state index contributed by atoms with van der Waals surface area (Å²) in [7, 11) is 1.93. The van der Waals surface area contributed by atoms with Crippen LogP contribution in [0.1, 0.15) is 34.2 Å². The average molecular weight is 363 g/mol. The Labute approximate surface area is 160 Å². The summed E-state index contributed by atoms with van der Waals surface area (Å²) in [4.78, 5) is 19.0. The van der Waals surface area contributed by atoms with E-state index in [9.17, 15) is 4.79 Å². The molecule has 3 aromatic rings. The summed E-state index contributed by atoms with van der Waals surface area (Å²) in [5.74, 6) is 1.55. The number of carbonyl (C=O) groups excluding carboxylic acids is 1. The predicted molar refractivity (Wildman–Crippen MR) is 107 cm³/mol. The maximum atomic E-state index is 13.0. The van der Waals surface area contributed by atoms with E-state index in [1.54, 1.807) is 23.2 Å². The van der Waals surface area contributed by atoms with Crippen LogP contribution in [0.3, 0.4) is 0 Å². The van der Waals surface area contributed by atoms with Gasteiger partial charge in [0.25, 0.3) is 5.91 Å². The smallest absolute Gasteiger partial charge is 0.258 e. The highest BCUT2D eigenvalue weighted by atomic mass is 16.5. The van der Waals surface area contributed by atoms with Gasteiger partial charge in [0.1, 0.15) is 18.2 Å². The normalized spacial score (nSPS) is 10.7. The molecular formula is C22H25N3O2. The molecule has 140 valence electrons. The lowest BCUT2D eigenvalue weighted by molar-refractivity contribution is 0.0988. The van der Waals surface area contributed by atoms with E-state index in [1.807, 2.05) is 62.8 Å². The van der Waals surface area contributed by atoms with E-state index in [1.165, 1.54) is 0 Å². The van der Waals surface area contributed by atoms with Crippen molar-refractivity contribution < 1.29 is 9.53 Å². The maximum absolute atomic E-state index is 13.0. The molecule has 0 bridgehead atoms. The first-order valence-corrected chi connectivity index (χ1v) is 9.07. The number of carbonyl (C=O) groups is 1. The predicted octanol–water partition coefficient (Wildman–Crippen LogP) is 4.28. The standard InChI is InChI=1S/C22H25N3O2/c1-5-25(19-13-16(2)12-17(3)14-19)22(26)18-6-8-20(9-7-18)27-15-21-23-10-11-24(21)4/h6-14H,5,15H2,1-4H3. The molecule has 5 nitrogen and oxygen atoms in total. The largest absolute Gasteiger partial charge is 0.486 e. The molecule has 0 spiro atoms. The molecule has 1 heterocycles. The summed E-state index contributed by atoms with van der Waals surface area (Å²) in [5, 5.41) is 0. The molecule has 0 saturated carbocycles. The van der Waals surface area contributed by atoms with E-state index in [4.69, 9.17) is 4.74 Å². The van der Waals surface area contributed by atoms with E-state index in [0.29, 0.717) is 24.5 Å². The topological polar surface area (TPSA) is 47.4 Å². The fourth-order valence-electron chi connectivity index (χ4n) is 3.08. The number of ether oxygens (including phenoxy) is 1. The first-order valence-electron chi connectivity index (χ1n) is 9.07. The molecule has 0 atom stereocenters. The van der Waals surface area contributed by atoms with E-state index in [-0.39, 0.29) is 5.91 Å². The molecule has 3 rings (SSSR count). The fraction of sp³-hybridized carbons (Fsp3) is 0.273. The van der Waals surface area contributed by atoms with Crippen LogP contribution < -0.4 is 9.64 Å². The van der Waals surface area contributed by atoms with Gasteiger partial charge in [0.2, 0.25) is 0 Å². The van der Waals surface area contributed by atoms with Gasteiger partial charge in [-0.05, 0) is 68.3 Å². The van der Waals surface area contributed by atoms with Crippen molar-refractivity contribution in [3.05, 3.63) is 77.4 Å². The van der Waals surface area contributed by atoms with Crippen molar-refractivity contribution in [2.45, 2.75) is 27.4 Å². The quantitative estimate of drug-likeness (QED) is 0.657. The van der Waals surface area contributed by atoms with Gasteiger partial charge in [0.15, 0.2) is 0 Å². The van der Waals surface area contributed by atoms with Crippen LogP contribution in [-0.4, -0.2) is 22.0 Å². The minimum absolute atomic E-state index is 0.0156. The lowest BCUT2D eigenvalue weighted by Gasteiger charge is -2.22. The van der Waals surface area contributed by atoms with Crippen molar-refractivity contribution in [3.63, 3.8) is 0 Å². The van der Waals surface area contributed by atoms with Gasteiger partial charge in [-0.3, -0.25) is 4.79 Å². The van der Waals surface area contributed by atoms with Crippen LogP contribution in [0.15, 0.2) is 54.9 Å². The third-order valence-electron chi connectivity index (χ3n) is 4.47. The third kappa shape index (κ3) is 4.37. The Morgan fingerprint density at radius 2 is 1.78 bits per heavy atom. The number of aromatic nitrogens is 2. The zero-order valence-electron chi connectivity index (χ0n) is 16.3. The Kier molecular flexibility index (Phi) is 5.60. The second kappa shape index (κ2) is 8.08. The van der Waals surface area contributed by atoms with Gasteiger partial charge in [-0.15, -0.1) is 0 Å². The Morgan fingerprint density at radius 3 is 2.33 bits per heavy atom. The van der Waals surface area contributed by atoms with Crippen molar-refractivity contribution in [3.8, 4) is 5.75 Å². The van der Waals surface area contributed by atoms with Crippen molar-refractivity contribution >= 4 is 11.6 Å². The van der Waals surface area contributed by atoms with E-state index < -0.39 is 0 Å². The minimum atomic E-state index is -0.0156.